The number of hydrogen-bond donors (Lipinski definition) is 1. The average molecular weight is 313 g/mol. The van der Waals surface area contributed by atoms with Crippen LogP contribution in [-0.4, -0.2) is 25.2 Å². The lowest BCUT2D eigenvalue weighted by Crippen LogP contribution is -2.39. The Morgan fingerprint density at radius 1 is 0.913 bits per heavy atom. The lowest BCUT2D eigenvalue weighted by atomic mass is 10.2. The SMILES string of the molecule is Cc1ccc(OCC(=O)N[C@H](C)COc2ccc(C)cc2)cc1. The van der Waals surface area contributed by atoms with Crippen LogP contribution in [0.15, 0.2) is 48.5 Å². The monoisotopic (exact) mass is 313 g/mol. The van der Waals surface area contributed by atoms with Crippen LogP contribution in [0.4, 0.5) is 0 Å². The van der Waals surface area contributed by atoms with Gasteiger partial charge in [0.05, 0.1) is 6.04 Å². The van der Waals surface area contributed by atoms with Gasteiger partial charge < -0.3 is 14.8 Å². The standard InChI is InChI=1S/C19H23NO3/c1-14-4-8-17(9-5-14)22-12-16(3)20-19(21)13-23-18-10-6-15(2)7-11-18/h4-11,16H,12-13H2,1-3H3,(H,20,21)/t16-/m1/s1. The van der Waals surface area contributed by atoms with Crippen molar-refractivity contribution in [3.63, 3.8) is 0 Å². The Kier molecular flexibility index (Phi) is 6.03. The molecular formula is C19H23NO3. The average Bonchev–Trinajstić information content (AvgIpc) is 2.54. The molecule has 2 aromatic rings. The third-order valence-electron chi connectivity index (χ3n) is 3.32. The fourth-order valence-corrected chi connectivity index (χ4v) is 2.00. The molecule has 0 bridgehead atoms. The predicted molar refractivity (Wildman–Crippen MR) is 91.0 cm³/mol. The summed E-state index contributed by atoms with van der Waals surface area (Å²) in [5.74, 6) is 1.33. The van der Waals surface area contributed by atoms with Gasteiger partial charge in [-0.2, -0.15) is 0 Å². The minimum absolute atomic E-state index is 0.00205. The number of nitrogens with one attached hydrogen (secondary N) is 1. The van der Waals surface area contributed by atoms with E-state index in [2.05, 4.69) is 5.32 Å². The van der Waals surface area contributed by atoms with Gasteiger partial charge >= 0.3 is 0 Å². The first-order chi connectivity index (χ1) is 11.0. The number of carbonyl (C=O) groups is 1. The van der Waals surface area contributed by atoms with E-state index in [9.17, 15) is 4.79 Å². The minimum Gasteiger partial charge on any atom is -0.491 e. The summed E-state index contributed by atoms with van der Waals surface area (Å²) < 4.78 is 11.1. The Hall–Kier alpha value is -2.49. The highest BCUT2D eigenvalue weighted by Gasteiger charge is 2.09. The largest absolute Gasteiger partial charge is 0.491 e. The Bertz CT molecular complexity index is 620. The van der Waals surface area contributed by atoms with Crippen LogP contribution in [0.1, 0.15) is 18.1 Å². The molecule has 2 rings (SSSR count). The maximum Gasteiger partial charge on any atom is 0.258 e. The fraction of sp³-hybridized carbons (Fsp3) is 0.316. The van der Waals surface area contributed by atoms with Crippen LogP contribution in [0.2, 0.25) is 0 Å². The van der Waals surface area contributed by atoms with Crippen LogP contribution in [0.3, 0.4) is 0 Å². The summed E-state index contributed by atoms with van der Waals surface area (Å²) in [5.41, 5.74) is 2.34. The van der Waals surface area contributed by atoms with Crippen molar-refractivity contribution in [1.82, 2.24) is 5.32 Å². The second kappa shape index (κ2) is 8.22. The van der Waals surface area contributed by atoms with Crippen molar-refractivity contribution in [2.45, 2.75) is 26.8 Å². The van der Waals surface area contributed by atoms with Gasteiger partial charge in [-0.15, -0.1) is 0 Å². The van der Waals surface area contributed by atoms with Crippen molar-refractivity contribution in [1.29, 1.82) is 0 Å². The quantitative estimate of drug-likeness (QED) is 0.853. The molecule has 122 valence electrons. The van der Waals surface area contributed by atoms with Gasteiger partial charge in [-0.3, -0.25) is 4.79 Å². The van der Waals surface area contributed by atoms with Crippen LogP contribution in [-0.2, 0) is 4.79 Å². The summed E-state index contributed by atoms with van der Waals surface area (Å²) in [6, 6.07) is 15.3. The summed E-state index contributed by atoms with van der Waals surface area (Å²) in [4.78, 5) is 11.9. The van der Waals surface area contributed by atoms with Crippen LogP contribution in [0.25, 0.3) is 0 Å². The second-order valence-electron chi connectivity index (χ2n) is 5.69. The first-order valence-electron chi connectivity index (χ1n) is 7.71. The first kappa shape index (κ1) is 16.9. The number of ether oxygens (including phenoxy) is 2. The molecule has 0 heterocycles. The predicted octanol–water partition coefficient (Wildman–Crippen LogP) is 3.27. The zero-order valence-electron chi connectivity index (χ0n) is 13.8. The van der Waals surface area contributed by atoms with E-state index >= 15 is 0 Å². The van der Waals surface area contributed by atoms with E-state index in [4.69, 9.17) is 9.47 Å². The Balaban J connectivity index is 1.69. The molecular weight excluding hydrogens is 290 g/mol. The van der Waals surface area contributed by atoms with Gasteiger partial charge in [0.15, 0.2) is 6.61 Å². The second-order valence-corrected chi connectivity index (χ2v) is 5.69. The smallest absolute Gasteiger partial charge is 0.258 e. The van der Waals surface area contributed by atoms with Crippen molar-refractivity contribution < 1.29 is 14.3 Å². The zero-order valence-corrected chi connectivity index (χ0v) is 13.8. The Labute approximate surface area is 137 Å². The van der Waals surface area contributed by atoms with E-state index in [1.54, 1.807) is 0 Å². The first-order valence-corrected chi connectivity index (χ1v) is 7.71. The van der Waals surface area contributed by atoms with Crippen LogP contribution in [0.5, 0.6) is 11.5 Å². The third-order valence-corrected chi connectivity index (χ3v) is 3.32. The molecule has 0 aliphatic rings. The molecule has 0 saturated heterocycles. The summed E-state index contributed by atoms with van der Waals surface area (Å²) in [5, 5.41) is 2.85. The number of benzene rings is 2. The maximum atomic E-state index is 11.9. The van der Waals surface area contributed by atoms with Gasteiger partial charge in [-0.1, -0.05) is 35.4 Å². The number of amides is 1. The van der Waals surface area contributed by atoms with E-state index in [1.165, 1.54) is 5.56 Å². The van der Waals surface area contributed by atoms with Crippen LogP contribution < -0.4 is 14.8 Å². The van der Waals surface area contributed by atoms with Crippen LogP contribution in [0, 0.1) is 13.8 Å². The van der Waals surface area contributed by atoms with Gasteiger partial charge in [-0.05, 0) is 45.0 Å². The molecule has 2 aromatic carbocycles. The molecule has 4 heteroatoms. The molecule has 0 fully saturated rings. The van der Waals surface area contributed by atoms with Gasteiger partial charge in [0.2, 0.25) is 0 Å². The molecule has 0 aliphatic heterocycles. The molecule has 1 N–H and O–H groups in total. The fourth-order valence-electron chi connectivity index (χ4n) is 2.00. The van der Waals surface area contributed by atoms with Gasteiger partial charge in [0.1, 0.15) is 18.1 Å². The highest BCUT2D eigenvalue weighted by Crippen LogP contribution is 2.12. The number of aryl methyl sites for hydroxylation is 2. The highest BCUT2D eigenvalue weighted by molar-refractivity contribution is 5.77. The lowest BCUT2D eigenvalue weighted by Gasteiger charge is -2.15. The summed E-state index contributed by atoms with van der Waals surface area (Å²) in [6.45, 7) is 6.35. The summed E-state index contributed by atoms with van der Waals surface area (Å²) in [6.07, 6.45) is 0. The van der Waals surface area contributed by atoms with Crippen LogP contribution >= 0.6 is 0 Å². The molecule has 0 spiro atoms. The Morgan fingerprint density at radius 3 is 1.91 bits per heavy atom. The van der Waals surface area contributed by atoms with Crippen molar-refractivity contribution >= 4 is 5.91 Å². The Morgan fingerprint density at radius 2 is 1.39 bits per heavy atom. The number of carbonyl (C=O) groups excluding carboxylic acids is 1. The summed E-state index contributed by atoms with van der Waals surface area (Å²) in [7, 11) is 0. The van der Waals surface area contributed by atoms with Crippen molar-refractivity contribution in [2.75, 3.05) is 13.2 Å². The van der Waals surface area contributed by atoms with E-state index in [0.717, 1.165) is 11.3 Å². The van der Waals surface area contributed by atoms with Gasteiger partial charge in [-0.25, -0.2) is 0 Å². The van der Waals surface area contributed by atoms with Gasteiger partial charge in [0.25, 0.3) is 5.91 Å². The zero-order chi connectivity index (χ0) is 16.7. The van der Waals surface area contributed by atoms with Crippen molar-refractivity contribution in [3.05, 3.63) is 59.7 Å². The normalized spacial score (nSPS) is 11.6. The molecule has 0 saturated carbocycles. The lowest BCUT2D eigenvalue weighted by molar-refractivity contribution is -0.123. The third kappa shape index (κ3) is 6.02. The number of rotatable bonds is 7. The molecule has 23 heavy (non-hydrogen) atoms. The molecule has 4 nitrogen and oxygen atoms in total. The highest BCUT2D eigenvalue weighted by atomic mass is 16.5. The molecule has 0 radical (unpaired) electrons. The molecule has 0 unspecified atom stereocenters. The summed E-state index contributed by atoms with van der Waals surface area (Å²) >= 11 is 0. The molecule has 0 aromatic heterocycles. The van der Waals surface area contributed by atoms with Crippen molar-refractivity contribution in [3.8, 4) is 11.5 Å². The van der Waals surface area contributed by atoms with E-state index < -0.39 is 0 Å². The minimum atomic E-state index is -0.161. The van der Waals surface area contributed by atoms with Gasteiger partial charge in [0, 0.05) is 0 Å². The molecule has 1 amide bonds. The molecule has 1 atom stereocenters. The van der Waals surface area contributed by atoms with Crippen molar-refractivity contribution in [2.24, 2.45) is 0 Å². The van der Waals surface area contributed by atoms with E-state index in [1.807, 2.05) is 69.3 Å². The van der Waals surface area contributed by atoms with E-state index in [0.29, 0.717) is 12.4 Å². The van der Waals surface area contributed by atoms with E-state index in [-0.39, 0.29) is 18.6 Å². The maximum absolute atomic E-state index is 11.9. The molecule has 0 aliphatic carbocycles. The number of hydrogen-bond acceptors (Lipinski definition) is 3. The topological polar surface area (TPSA) is 47.6 Å².